The average molecular weight is 230 g/mol. The van der Waals surface area contributed by atoms with E-state index in [4.69, 9.17) is 5.11 Å². The minimum atomic E-state index is -0.998. The number of carboxylic acid groups (broad SMARTS) is 1. The highest BCUT2D eigenvalue weighted by atomic mass is 16.4. The lowest BCUT2D eigenvalue weighted by Gasteiger charge is -2.03. The molecule has 88 valence electrons. The van der Waals surface area contributed by atoms with Crippen molar-refractivity contribution in [3.8, 4) is 11.1 Å². The number of aromatic carboxylic acids is 1. The number of H-pyrrole nitrogens is 1. The number of nitrogens with one attached hydrogen (secondary N) is 1. The summed E-state index contributed by atoms with van der Waals surface area (Å²) in [7, 11) is 0. The van der Waals surface area contributed by atoms with E-state index in [1.165, 1.54) is 0 Å². The molecule has 0 atom stereocenters. The number of hydrogen-bond donors (Lipinski definition) is 2. The molecule has 0 aliphatic heterocycles. The summed E-state index contributed by atoms with van der Waals surface area (Å²) < 4.78 is 0. The van der Waals surface area contributed by atoms with E-state index in [-0.39, 0.29) is 5.69 Å². The van der Waals surface area contributed by atoms with Crippen LogP contribution in [0.15, 0.2) is 30.3 Å². The number of aromatic amines is 1. The molecular formula is C13H14N2O2. The van der Waals surface area contributed by atoms with Gasteiger partial charge in [0.1, 0.15) is 0 Å². The Morgan fingerprint density at radius 1 is 1.35 bits per heavy atom. The second-order valence-corrected chi connectivity index (χ2v) is 3.85. The Balaban J connectivity index is 2.56. The SMILES string of the molecule is CCCc1[nH]nc(C(=O)O)c1-c1ccccc1. The zero-order valence-corrected chi connectivity index (χ0v) is 9.60. The van der Waals surface area contributed by atoms with E-state index in [1.807, 2.05) is 30.3 Å². The van der Waals surface area contributed by atoms with Gasteiger partial charge in [-0.1, -0.05) is 43.7 Å². The summed E-state index contributed by atoms with van der Waals surface area (Å²) in [6.07, 6.45) is 1.74. The zero-order chi connectivity index (χ0) is 12.3. The molecule has 17 heavy (non-hydrogen) atoms. The molecule has 1 aromatic heterocycles. The molecule has 0 spiro atoms. The fraction of sp³-hybridized carbons (Fsp3) is 0.231. The van der Waals surface area contributed by atoms with Gasteiger partial charge >= 0.3 is 5.97 Å². The summed E-state index contributed by atoms with van der Waals surface area (Å²) in [6.45, 7) is 2.05. The largest absolute Gasteiger partial charge is 0.476 e. The van der Waals surface area contributed by atoms with E-state index in [2.05, 4.69) is 17.1 Å². The number of hydrogen-bond acceptors (Lipinski definition) is 2. The van der Waals surface area contributed by atoms with E-state index in [0.29, 0.717) is 5.56 Å². The molecule has 0 radical (unpaired) electrons. The van der Waals surface area contributed by atoms with Gasteiger partial charge in [-0.15, -0.1) is 0 Å². The van der Waals surface area contributed by atoms with E-state index in [1.54, 1.807) is 0 Å². The molecular weight excluding hydrogens is 216 g/mol. The van der Waals surface area contributed by atoms with Crippen molar-refractivity contribution in [2.75, 3.05) is 0 Å². The molecule has 0 aliphatic carbocycles. The van der Waals surface area contributed by atoms with Crippen LogP contribution in [0.1, 0.15) is 29.5 Å². The first kappa shape index (κ1) is 11.4. The van der Waals surface area contributed by atoms with Gasteiger partial charge in [0.05, 0.1) is 0 Å². The van der Waals surface area contributed by atoms with Gasteiger partial charge in [0.2, 0.25) is 0 Å². The summed E-state index contributed by atoms with van der Waals surface area (Å²) in [6, 6.07) is 9.49. The van der Waals surface area contributed by atoms with Gasteiger partial charge < -0.3 is 5.11 Å². The van der Waals surface area contributed by atoms with Gasteiger partial charge in [0.15, 0.2) is 5.69 Å². The maximum absolute atomic E-state index is 11.1. The van der Waals surface area contributed by atoms with Crippen molar-refractivity contribution in [2.45, 2.75) is 19.8 Å². The van der Waals surface area contributed by atoms with E-state index >= 15 is 0 Å². The highest BCUT2D eigenvalue weighted by Gasteiger charge is 2.19. The van der Waals surface area contributed by atoms with Crippen LogP contribution < -0.4 is 0 Å². The van der Waals surface area contributed by atoms with Crippen LogP contribution in [-0.4, -0.2) is 21.3 Å². The second kappa shape index (κ2) is 4.82. The van der Waals surface area contributed by atoms with Gasteiger partial charge in [-0.05, 0) is 12.0 Å². The molecule has 2 aromatic rings. The summed E-state index contributed by atoms with van der Waals surface area (Å²) in [5.74, 6) is -0.998. The molecule has 0 unspecified atom stereocenters. The number of carboxylic acids is 1. The van der Waals surface area contributed by atoms with Crippen LogP contribution in [0.4, 0.5) is 0 Å². The quantitative estimate of drug-likeness (QED) is 0.848. The topological polar surface area (TPSA) is 66.0 Å². The molecule has 0 saturated heterocycles. The molecule has 4 nitrogen and oxygen atoms in total. The fourth-order valence-electron chi connectivity index (χ4n) is 1.88. The van der Waals surface area contributed by atoms with Crippen LogP contribution in [0.2, 0.25) is 0 Å². The van der Waals surface area contributed by atoms with Gasteiger partial charge in [-0.25, -0.2) is 4.79 Å². The third kappa shape index (κ3) is 2.20. The Hall–Kier alpha value is -2.10. The van der Waals surface area contributed by atoms with E-state index in [0.717, 1.165) is 24.1 Å². The molecule has 0 aliphatic rings. The number of carbonyl (C=O) groups is 1. The Labute approximate surface area is 99.3 Å². The average Bonchev–Trinajstić information content (AvgIpc) is 2.74. The number of nitrogens with zero attached hydrogens (tertiary/aromatic N) is 1. The summed E-state index contributed by atoms with van der Waals surface area (Å²) in [5.41, 5.74) is 2.58. The van der Waals surface area contributed by atoms with Crippen molar-refractivity contribution >= 4 is 5.97 Å². The van der Waals surface area contributed by atoms with Crippen molar-refractivity contribution in [1.82, 2.24) is 10.2 Å². The summed E-state index contributed by atoms with van der Waals surface area (Å²) in [5, 5.41) is 15.8. The number of aryl methyl sites for hydroxylation is 1. The maximum Gasteiger partial charge on any atom is 0.357 e. The molecule has 4 heteroatoms. The van der Waals surface area contributed by atoms with Crippen LogP contribution in [0, 0.1) is 0 Å². The first-order valence-electron chi connectivity index (χ1n) is 5.60. The minimum absolute atomic E-state index is 0.0969. The number of aromatic nitrogens is 2. The first-order valence-corrected chi connectivity index (χ1v) is 5.60. The van der Waals surface area contributed by atoms with Crippen LogP contribution in [0.25, 0.3) is 11.1 Å². The molecule has 2 rings (SSSR count). The lowest BCUT2D eigenvalue weighted by molar-refractivity contribution is 0.0691. The van der Waals surface area contributed by atoms with Crippen molar-refractivity contribution in [3.05, 3.63) is 41.7 Å². The molecule has 0 amide bonds. The predicted octanol–water partition coefficient (Wildman–Crippen LogP) is 2.73. The summed E-state index contributed by atoms with van der Waals surface area (Å²) in [4.78, 5) is 11.1. The fourth-order valence-corrected chi connectivity index (χ4v) is 1.88. The highest BCUT2D eigenvalue weighted by molar-refractivity contribution is 5.94. The lowest BCUT2D eigenvalue weighted by atomic mass is 10.0. The Kier molecular flexibility index (Phi) is 3.23. The van der Waals surface area contributed by atoms with Gasteiger partial charge in [0.25, 0.3) is 0 Å². The Morgan fingerprint density at radius 3 is 2.65 bits per heavy atom. The third-order valence-corrected chi connectivity index (χ3v) is 2.61. The second-order valence-electron chi connectivity index (χ2n) is 3.85. The Bertz CT molecular complexity index is 517. The lowest BCUT2D eigenvalue weighted by Crippen LogP contribution is -1.99. The molecule has 1 heterocycles. The van der Waals surface area contributed by atoms with Crippen molar-refractivity contribution < 1.29 is 9.90 Å². The Morgan fingerprint density at radius 2 is 2.06 bits per heavy atom. The first-order chi connectivity index (χ1) is 8.24. The van der Waals surface area contributed by atoms with Crippen LogP contribution >= 0.6 is 0 Å². The molecule has 0 fully saturated rings. The highest BCUT2D eigenvalue weighted by Crippen LogP contribution is 2.26. The van der Waals surface area contributed by atoms with Crippen LogP contribution in [0.5, 0.6) is 0 Å². The molecule has 0 saturated carbocycles. The standard InChI is InChI=1S/C13H14N2O2/c1-2-6-10-11(9-7-4-3-5-8-9)12(13(16)17)15-14-10/h3-5,7-8H,2,6H2,1H3,(H,14,15)(H,16,17). The number of rotatable bonds is 4. The van der Waals surface area contributed by atoms with E-state index in [9.17, 15) is 4.79 Å². The predicted molar refractivity (Wildman–Crippen MR) is 65.0 cm³/mol. The third-order valence-electron chi connectivity index (χ3n) is 2.61. The van der Waals surface area contributed by atoms with Crippen molar-refractivity contribution in [1.29, 1.82) is 0 Å². The smallest absolute Gasteiger partial charge is 0.357 e. The van der Waals surface area contributed by atoms with Gasteiger partial charge in [0, 0.05) is 11.3 Å². The summed E-state index contributed by atoms with van der Waals surface area (Å²) >= 11 is 0. The zero-order valence-electron chi connectivity index (χ0n) is 9.60. The molecule has 1 aromatic carbocycles. The minimum Gasteiger partial charge on any atom is -0.476 e. The molecule has 2 N–H and O–H groups in total. The van der Waals surface area contributed by atoms with Crippen LogP contribution in [-0.2, 0) is 6.42 Å². The normalized spacial score (nSPS) is 10.4. The number of benzene rings is 1. The monoisotopic (exact) mass is 230 g/mol. The molecule has 0 bridgehead atoms. The van der Waals surface area contributed by atoms with Crippen molar-refractivity contribution in [3.63, 3.8) is 0 Å². The van der Waals surface area contributed by atoms with E-state index < -0.39 is 5.97 Å². The van der Waals surface area contributed by atoms with Gasteiger partial charge in [-0.3, -0.25) is 5.10 Å². The van der Waals surface area contributed by atoms with Crippen molar-refractivity contribution in [2.24, 2.45) is 0 Å². The van der Waals surface area contributed by atoms with Gasteiger partial charge in [-0.2, -0.15) is 5.10 Å². The van der Waals surface area contributed by atoms with Crippen LogP contribution in [0.3, 0.4) is 0 Å². The maximum atomic E-state index is 11.1.